The monoisotopic (exact) mass is 355 g/mol. The molecule has 0 unspecified atom stereocenters. The smallest absolute Gasteiger partial charge is 0.350 e. The van der Waals surface area contributed by atoms with Crippen molar-refractivity contribution in [3.63, 3.8) is 0 Å². The van der Waals surface area contributed by atoms with Crippen molar-refractivity contribution in [2.24, 2.45) is 0 Å². The molecule has 2 heterocycles. The average Bonchev–Trinajstić information content (AvgIpc) is 3.30. The maximum atomic E-state index is 13.4. The molecule has 0 radical (unpaired) electrons. The number of nitrogens with zero attached hydrogens (tertiary/aromatic N) is 2. The fraction of sp³-hybridized carbons (Fsp3) is 0.0526. The van der Waals surface area contributed by atoms with Gasteiger partial charge in [0.25, 0.3) is 0 Å². The highest BCUT2D eigenvalue weighted by Gasteiger charge is 2.41. The second-order valence-corrected chi connectivity index (χ2v) is 5.61. The van der Waals surface area contributed by atoms with Crippen molar-refractivity contribution in [3.05, 3.63) is 72.6 Å². The summed E-state index contributed by atoms with van der Waals surface area (Å²) in [5.41, 5.74) is 1.44. The normalized spacial score (nSPS) is 11.7. The highest BCUT2D eigenvalue weighted by molar-refractivity contribution is 5.81. The van der Waals surface area contributed by atoms with E-state index in [4.69, 9.17) is 0 Å². The molecule has 0 spiro atoms. The van der Waals surface area contributed by atoms with E-state index in [1.807, 2.05) is 30.3 Å². The van der Waals surface area contributed by atoms with E-state index in [0.717, 1.165) is 5.56 Å². The zero-order valence-corrected chi connectivity index (χ0v) is 13.3. The van der Waals surface area contributed by atoms with Gasteiger partial charge in [0.2, 0.25) is 5.76 Å². The first-order valence-corrected chi connectivity index (χ1v) is 7.77. The Morgan fingerprint density at radius 3 is 2.08 bits per heavy atom. The summed E-state index contributed by atoms with van der Waals surface area (Å²) in [7, 11) is 0. The third kappa shape index (κ3) is 2.88. The lowest BCUT2D eigenvalue weighted by Crippen LogP contribution is -2.05. The number of aromatic amines is 1. The second-order valence-electron chi connectivity index (χ2n) is 5.61. The van der Waals surface area contributed by atoms with Gasteiger partial charge < -0.3 is 9.51 Å². The molecule has 0 saturated carbocycles. The lowest BCUT2D eigenvalue weighted by molar-refractivity contribution is -0.154. The molecule has 4 nitrogen and oxygen atoms in total. The molecule has 0 aliphatic heterocycles. The Balaban J connectivity index is 1.88. The maximum Gasteiger partial charge on any atom is 0.453 e. The van der Waals surface area contributed by atoms with Crippen LogP contribution in [-0.2, 0) is 6.18 Å². The van der Waals surface area contributed by atoms with E-state index in [-0.39, 0.29) is 17.0 Å². The van der Waals surface area contributed by atoms with Crippen molar-refractivity contribution in [3.8, 4) is 33.9 Å². The van der Waals surface area contributed by atoms with Gasteiger partial charge in [-0.05, 0) is 0 Å². The number of rotatable bonds is 3. The zero-order valence-electron chi connectivity index (χ0n) is 13.3. The lowest BCUT2D eigenvalue weighted by Gasteiger charge is -2.05. The first-order chi connectivity index (χ1) is 12.5. The number of hydrogen-bond acceptors (Lipinski definition) is 3. The lowest BCUT2D eigenvalue weighted by atomic mass is 10.0. The number of aromatic nitrogens is 3. The van der Waals surface area contributed by atoms with E-state index in [1.54, 1.807) is 30.3 Å². The minimum Gasteiger partial charge on any atom is -0.350 e. The molecular formula is C19H12F3N3O. The molecule has 0 aliphatic carbocycles. The molecule has 130 valence electrons. The van der Waals surface area contributed by atoms with E-state index in [2.05, 4.69) is 19.6 Å². The van der Waals surface area contributed by atoms with Gasteiger partial charge in [-0.15, -0.1) is 0 Å². The van der Waals surface area contributed by atoms with E-state index in [0.29, 0.717) is 11.4 Å². The van der Waals surface area contributed by atoms with Gasteiger partial charge in [-0.1, -0.05) is 65.8 Å². The van der Waals surface area contributed by atoms with Gasteiger partial charge in [-0.2, -0.15) is 13.2 Å². The van der Waals surface area contributed by atoms with Gasteiger partial charge in [-0.3, -0.25) is 0 Å². The molecule has 4 rings (SSSR count). The van der Waals surface area contributed by atoms with Gasteiger partial charge in [-0.25, -0.2) is 4.98 Å². The SMILES string of the molecule is FC(F)(F)c1onc(-c2ccccc2)c1-c1cnc(-c2ccccc2)[nH]1. The predicted molar refractivity (Wildman–Crippen MR) is 90.0 cm³/mol. The number of benzene rings is 2. The zero-order chi connectivity index (χ0) is 18.1. The van der Waals surface area contributed by atoms with Crippen molar-refractivity contribution in [1.29, 1.82) is 0 Å². The molecule has 0 saturated heterocycles. The van der Waals surface area contributed by atoms with Crippen molar-refractivity contribution >= 4 is 0 Å². The van der Waals surface area contributed by atoms with Gasteiger partial charge in [0.1, 0.15) is 11.5 Å². The quantitative estimate of drug-likeness (QED) is 0.534. The predicted octanol–water partition coefficient (Wildman–Crippen LogP) is 5.42. The Morgan fingerprint density at radius 1 is 0.846 bits per heavy atom. The molecule has 1 N–H and O–H groups in total. The van der Waals surface area contributed by atoms with Crippen molar-refractivity contribution < 1.29 is 17.7 Å². The Labute approximate surface area is 146 Å². The summed E-state index contributed by atoms with van der Waals surface area (Å²) in [6.07, 6.45) is -3.32. The molecule has 2 aromatic heterocycles. The first-order valence-electron chi connectivity index (χ1n) is 7.77. The van der Waals surface area contributed by atoms with Crippen LogP contribution in [-0.4, -0.2) is 15.1 Å². The highest BCUT2D eigenvalue weighted by Crippen LogP contribution is 2.42. The van der Waals surface area contributed by atoms with Crippen molar-refractivity contribution in [2.45, 2.75) is 6.18 Å². The standard InChI is InChI=1S/C19H12F3N3O/c20-19(21,22)17-15(16(25-26-17)12-7-3-1-4-8-12)14-11-23-18(24-14)13-9-5-2-6-10-13/h1-11H,(H,23,24). The summed E-state index contributed by atoms with van der Waals surface area (Å²) in [6, 6.07) is 17.7. The van der Waals surface area contributed by atoms with Gasteiger partial charge in [0, 0.05) is 11.1 Å². The fourth-order valence-electron chi connectivity index (χ4n) is 2.72. The van der Waals surface area contributed by atoms with Gasteiger partial charge in [0.05, 0.1) is 17.5 Å². The van der Waals surface area contributed by atoms with Crippen LogP contribution in [0.5, 0.6) is 0 Å². The minimum atomic E-state index is -4.67. The van der Waals surface area contributed by atoms with Crippen LogP contribution in [0.15, 0.2) is 71.4 Å². The number of imidazole rings is 1. The average molecular weight is 355 g/mol. The second kappa shape index (κ2) is 6.18. The Bertz CT molecular complexity index is 1020. The molecule has 0 amide bonds. The molecule has 0 aliphatic rings. The largest absolute Gasteiger partial charge is 0.453 e. The van der Waals surface area contributed by atoms with Crippen LogP contribution in [0.3, 0.4) is 0 Å². The number of halogens is 3. The minimum absolute atomic E-state index is 0.112. The van der Waals surface area contributed by atoms with Gasteiger partial charge in [0.15, 0.2) is 0 Å². The third-order valence-corrected chi connectivity index (χ3v) is 3.89. The number of nitrogens with one attached hydrogen (secondary N) is 1. The summed E-state index contributed by atoms with van der Waals surface area (Å²) < 4.78 is 44.9. The Kier molecular flexibility index (Phi) is 3.84. The molecule has 2 aromatic carbocycles. The molecule has 26 heavy (non-hydrogen) atoms. The highest BCUT2D eigenvalue weighted by atomic mass is 19.4. The molecule has 7 heteroatoms. The van der Waals surface area contributed by atoms with Crippen LogP contribution in [0.4, 0.5) is 13.2 Å². The fourth-order valence-corrected chi connectivity index (χ4v) is 2.72. The van der Waals surface area contributed by atoms with Crippen LogP contribution in [0.1, 0.15) is 5.76 Å². The van der Waals surface area contributed by atoms with Crippen molar-refractivity contribution in [2.75, 3.05) is 0 Å². The molecule has 0 fully saturated rings. The van der Waals surface area contributed by atoms with Crippen LogP contribution < -0.4 is 0 Å². The summed E-state index contributed by atoms with van der Waals surface area (Å²) in [5.74, 6) is -0.687. The Hall–Kier alpha value is -3.35. The van der Waals surface area contributed by atoms with E-state index < -0.39 is 11.9 Å². The van der Waals surface area contributed by atoms with Gasteiger partial charge >= 0.3 is 6.18 Å². The Morgan fingerprint density at radius 2 is 1.46 bits per heavy atom. The summed E-state index contributed by atoms with van der Waals surface area (Å²) in [4.78, 5) is 7.15. The summed E-state index contributed by atoms with van der Waals surface area (Å²) >= 11 is 0. The molecule has 0 atom stereocenters. The summed E-state index contributed by atoms with van der Waals surface area (Å²) in [5, 5.41) is 3.67. The third-order valence-electron chi connectivity index (χ3n) is 3.89. The van der Waals surface area contributed by atoms with Crippen LogP contribution in [0.2, 0.25) is 0 Å². The molecule has 4 aromatic rings. The maximum absolute atomic E-state index is 13.4. The van der Waals surface area contributed by atoms with Crippen LogP contribution in [0, 0.1) is 0 Å². The number of hydrogen-bond donors (Lipinski definition) is 1. The van der Waals surface area contributed by atoms with Crippen LogP contribution >= 0.6 is 0 Å². The topological polar surface area (TPSA) is 54.7 Å². The van der Waals surface area contributed by atoms with Crippen molar-refractivity contribution in [1.82, 2.24) is 15.1 Å². The molecule has 0 bridgehead atoms. The van der Waals surface area contributed by atoms with Crippen LogP contribution in [0.25, 0.3) is 33.9 Å². The number of H-pyrrole nitrogens is 1. The van der Waals surface area contributed by atoms with E-state index in [9.17, 15) is 13.2 Å². The summed E-state index contributed by atoms with van der Waals surface area (Å²) in [6.45, 7) is 0. The molecular weight excluding hydrogens is 343 g/mol. The first kappa shape index (κ1) is 16.1. The van der Waals surface area contributed by atoms with E-state index in [1.165, 1.54) is 6.20 Å². The van der Waals surface area contributed by atoms with E-state index >= 15 is 0 Å². The number of alkyl halides is 3.